The van der Waals surface area contributed by atoms with E-state index in [1.54, 1.807) is 0 Å². The summed E-state index contributed by atoms with van der Waals surface area (Å²) in [4.78, 5) is 0. The molecule has 0 aromatic heterocycles. The van der Waals surface area contributed by atoms with Crippen LogP contribution in [0.25, 0.3) is 10.8 Å². The second-order valence-corrected chi connectivity index (χ2v) is 5.36. The highest BCUT2D eigenvalue weighted by atomic mass is 19.4. The lowest BCUT2D eigenvalue weighted by atomic mass is 9.99. The minimum absolute atomic E-state index is 0.395. The molecule has 1 atom stereocenters. The van der Waals surface area contributed by atoms with Gasteiger partial charge in [0.2, 0.25) is 0 Å². The van der Waals surface area contributed by atoms with Gasteiger partial charge in [0.1, 0.15) is 0 Å². The van der Waals surface area contributed by atoms with E-state index in [-0.39, 0.29) is 0 Å². The number of rotatable bonds is 6. The van der Waals surface area contributed by atoms with Gasteiger partial charge in [0, 0.05) is 11.5 Å². The number of fused-ring (bicyclic) bond motifs is 1. The molecule has 0 saturated heterocycles. The fraction of sp³-hybridized carbons (Fsp3) is 0.273. The van der Waals surface area contributed by atoms with Gasteiger partial charge in [0.15, 0.2) is 0 Å². The van der Waals surface area contributed by atoms with Crippen LogP contribution in [-0.2, 0) is 12.5 Å². The number of hydrogen-bond donors (Lipinski definition) is 1. The number of benzene rings is 3. The van der Waals surface area contributed by atoms with Crippen LogP contribution in [-0.4, -0.2) is 6.54 Å². The highest BCUT2D eigenvalue weighted by Crippen LogP contribution is 2.29. The summed E-state index contributed by atoms with van der Waals surface area (Å²) >= 11 is 0. The summed E-state index contributed by atoms with van der Waals surface area (Å²) in [5, 5.41) is 1.61. The molecule has 26 heavy (non-hydrogen) atoms. The maximum absolute atomic E-state index is 13.1. The van der Waals surface area contributed by atoms with Crippen molar-refractivity contribution in [2.45, 2.75) is 31.9 Å². The number of hydrogen-bond acceptors (Lipinski definition) is 1. The second-order valence-electron chi connectivity index (χ2n) is 5.36. The molecule has 1 nitrogen and oxygen atoms in total. The van der Waals surface area contributed by atoms with E-state index in [1.165, 1.54) is 0 Å². The van der Waals surface area contributed by atoms with Crippen LogP contribution in [0.1, 0.15) is 52.5 Å². The standard InChI is InChI=1S/C22H22F3N/c1-16(20-13-5-10-18-9-2-3-12-21(18)20)26-14-6-8-17-7-4-11-19(15-17)22(23,24)25/h2-5,7,9-13,15-16,26H,6,8,14H2,1H3/t16-/m0/s1/i2D,3D,5D,6D2,8D2,9D,10D,12D,13D,16D. The summed E-state index contributed by atoms with van der Waals surface area (Å²) in [5.41, 5.74) is -2.24. The predicted octanol–water partition coefficient (Wildman–Crippen LogP) is 6.14. The SMILES string of the molecule is [2H]c1c([2H])c([2H])c2c([C@]([2H])(C)NCC([2H])([2H])C([2H])([2H])c3cccc(C(F)(F)F)c3)c([2H])c([2H])c([2H])c2c1[2H]. The van der Waals surface area contributed by atoms with Crippen molar-refractivity contribution >= 4 is 10.8 Å². The van der Waals surface area contributed by atoms with Gasteiger partial charge in [-0.2, -0.15) is 13.2 Å². The molecule has 136 valence electrons. The number of aryl methyl sites for hydroxylation is 1. The Balaban J connectivity index is 2.11. The van der Waals surface area contributed by atoms with E-state index >= 15 is 0 Å². The molecule has 1 N–H and O–H groups in total. The third-order valence-corrected chi connectivity index (χ3v) is 3.55. The van der Waals surface area contributed by atoms with Crippen molar-refractivity contribution in [2.75, 3.05) is 6.54 Å². The zero-order valence-electron chi connectivity index (χ0n) is 25.7. The van der Waals surface area contributed by atoms with Crippen LogP contribution in [0.15, 0.2) is 66.6 Å². The van der Waals surface area contributed by atoms with Crippen LogP contribution in [0.5, 0.6) is 0 Å². The summed E-state index contributed by atoms with van der Waals surface area (Å²) < 4.78 is 138. The van der Waals surface area contributed by atoms with Crippen molar-refractivity contribution in [3.8, 4) is 0 Å². The molecular formula is C22H22F3N. The first-order chi connectivity index (χ1) is 17.2. The molecule has 3 rings (SSSR count). The molecule has 0 aliphatic heterocycles. The van der Waals surface area contributed by atoms with Gasteiger partial charge in [-0.25, -0.2) is 0 Å². The Kier molecular flexibility index (Phi) is 2.61. The van der Waals surface area contributed by atoms with Gasteiger partial charge in [0.05, 0.1) is 16.5 Å². The maximum Gasteiger partial charge on any atom is 0.416 e. The Morgan fingerprint density at radius 1 is 1.15 bits per heavy atom. The van der Waals surface area contributed by atoms with Crippen molar-refractivity contribution in [3.05, 3.63) is 83.3 Å². The summed E-state index contributed by atoms with van der Waals surface area (Å²) in [5.74, 6) is 0. The highest BCUT2D eigenvalue weighted by Gasteiger charge is 2.30. The van der Waals surface area contributed by atoms with E-state index in [9.17, 15) is 13.2 Å². The summed E-state index contributed by atoms with van der Waals surface area (Å²) in [6.45, 7) is 0.124. The van der Waals surface area contributed by atoms with Gasteiger partial charge < -0.3 is 5.32 Å². The third-order valence-electron chi connectivity index (χ3n) is 3.55. The van der Waals surface area contributed by atoms with Crippen LogP contribution in [0.3, 0.4) is 0 Å². The van der Waals surface area contributed by atoms with Crippen molar-refractivity contribution in [3.63, 3.8) is 0 Å². The number of nitrogens with one attached hydrogen (secondary N) is 1. The zero-order valence-corrected chi connectivity index (χ0v) is 13.7. The average molecular weight is 369 g/mol. The topological polar surface area (TPSA) is 12.0 Å². The molecular weight excluding hydrogens is 335 g/mol. The van der Waals surface area contributed by atoms with Crippen molar-refractivity contribution < 1.29 is 29.6 Å². The Bertz CT molecular complexity index is 1410. The van der Waals surface area contributed by atoms with Crippen molar-refractivity contribution in [2.24, 2.45) is 0 Å². The van der Waals surface area contributed by atoms with E-state index in [0.29, 0.717) is 12.1 Å². The first-order valence-corrected chi connectivity index (χ1v) is 7.60. The number of alkyl halides is 3. The van der Waals surface area contributed by atoms with Crippen LogP contribution < -0.4 is 5.32 Å². The van der Waals surface area contributed by atoms with Gasteiger partial charge in [-0.05, 0) is 54.2 Å². The first-order valence-electron chi connectivity index (χ1n) is 13.6. The molecule has 3 aromatic carbocycles. The van der Waals surface area contributed by atoms with Gasteiger partial charge in [0.25, 0.3) is 0 Å². The van der Waals surface area contributed by atoms with E-state index < -0.39 is 101 Å². The molecule has 0 unspecified atom stereocenters. The predicted molar refractivity (Wildman–Crippen MR) is 100 cm³/mol. The van der Waals surface area contributed by atoms with Crippen molar-refractivity contribution in [1.29, 1.82) is 0 Å². The van der Waals surface area contributed by atoms with E-state index in [0.717, 1.165) is 19.1 Å². The highest BCUT2D eigenvalue weighted by molar-refractivity contribution is 5.86. The minimum Gasteiger partial charge on any atom is -0.310 e. The van der Waals surface area contributed by atoms with Crippen LogP contribution in [0.4, 0.5) is 13.2 Å². The number of halogens is 3. The lowest BCUT2D eigenvalue weighted by Crippen LogP contribution is -2.20. The monoisotopic (exact) mass is 369 g/mol. The Hall–Kier alpha value is -2.33. The third kappa shape index (κ3) is 4.44. The molecule has 0 amide bonds. The molecule has 3 aromatic rings. The molecule has 0 bridgehead atoms. The van der Waals surface area contributed by atoms with E-state index in [4.69, 9.17) is 16.4 Å². The summed E-state index contributed by atoms with van der Waals surface area (Å²) in [7, 11) is 0. The van der Waals surface area contributed by atoms with Crippen LogP contribution >= 0.6 is 0 Å². The van der Waals surface area contributed by atoms with Crippen LogP contribution in [0.2, 0.25) is 0 Å². The fourth-order valence-electron chi connectivity index (χ4n) is 2.28. The van der Waals surface area contributed by atoms with Gasteiger partial charge in [-0.1, -0.05) is 60.5 Å². The summed E-state index contributed by atoms with van der Waals surface area (Å²) in [6, 6.07) is -3.98. The van der Waals surface area contributed by atoms with Gasteiger partial charge in [-0.15, -0.1) is 0 Å². The molecule has 0 spiro atoms. The maximum atomic E-state index is 13.1. The Labute approximate surface area is 168 Å². The van der Waals surface area contributed by atoms with E-state index in [1.807, 2.05) is 0 Å². The largest absolute Gasteiger partial charge is 0.416 e. The molecule has 0 aliphatic rings. The lowest BCUT2D eigenvalue weighted by molar-refractivity contribution is -0.137. The quantitative estimate of drug-likeness (QED) is 0.550. The minimum atomic E-state index is -4.79. The molecule has 0 heterocycles. The fourth-order valence-corrected chi connectivity index (χ4v) is 2.28. The van der Waals surface area contributed by atoms with Gasteiger partial charge in [-0.3, -0.25) is 0 Å². The molecule has 0 fully saturated rings. The molecule has 0 aliphatic carbocycles. The zero-order chi connectivity index (χ0) is 29.2. The Morgan fingerprint density at radius 2 is 1.92 bits per heavy atom. The molecule has 4 heteroatoms. The van der Waals surface area contributed by atoms with Gasteiger partial charge >= 0.3 is 6.18 Å². The van der Waals surface area contributed by atoms with E-state index in [2.05, 4.69) is 5.32 Å². The molecule has 0 radical (unpaired) electrons. The van der Waals surface area contributed by atoms with Crippen LogP contribution in [0, 0.1) is 0 Å². The van der Waals surface area contributed by atoms with Crippen molar-refractivity contribution in [1.82, 2.24) is 5.32 Å². The lowest BCUT2D eigenvalue weighted by Gasteiger charge is -2.17. The first kappa shape index (κ1) is 8.57. The Morgan fingerprint density at radius 3 is 2.73 bits per heavy atom. The smallest absolute Gasteiger partial charge is 0.310 e. The normalized spacial score (nSPS) is 22.0. The average Bonchev–Trinajstić information content (AvgIpc) is 2.82. The summed E-state index contributed by atoms with van der Waals surface area (Å²) in [6.07, 6.45) is -10.7. The molecule has 0 saturated carbocycles. The second kappa shape index (κ2) is 7.92.